The van der Waals surface area contributed by atoms with Crippen LogP contribution in [0.3, 0.4) is 0 Å². The van der Waals surface area contributed by atoms with Gasteiger partial charge in [-0.2, -0.15) is 0 Å². The average molecular weight is 258 g/mol. The van der Waals surface area contributed by atoms with Gasteiger partial charge in [-0.15, -0.1) is 11.8 Å². The van der Waals surface area contributed by atoms with Gasteiger partial charge in [0, 0.05) is 27.8 Å². The molecule has 1 saturated carbocycles. The summed E-state index contributed by atoms with van der Waals surface area (Å²) in [5.74, 6) is 0.882. The average Bonchev–Trinajstić information content (AvgIpc) is 3.08. The van der Waals surface area contributed by atoms with Crippen LogP contribution in [0.25, 0.3) is 0 Å². The summed E-state index contributed by atoms with van der Waals surface area (Å²) in [6.45, 7) is 0.198. The van der Waals surface area contributed by atoms with Gasteiger partial charge in [0.05, 0.1) is 6.61 Å². The van der Waals surface area contributed by atoms with Gasteiger partial charge in [-0.25, -0.2) is 0 Å². The van der Waals surface area contributed by atoms with Gasteiger partial charge < -0.3 is 10.4 Å². The summed E-state index contributed by atoms with van der Waals surface area (Å²) in [7, 11) is 0. The van der Waals surface area contributed by atoms with E-state index in [1.54, 1.807) is 11.8 Å². The number of aliphatic hydroxyl groups is 1. The molecule has 2 rings (SSSR count). The van der Waals surface area contributed by atoms with Gasteiger partial charge in [-0.05, 0) is 31.0 Å². The number of nitrogens with one attached hydrogen (secondary N) is 1. The Morgan fingerprint density at radius 2 is 2.31 bits per heavy atom. The van der Waals surface area contributed by atoms with Crippen LogP contribution in [0.15, 0.2) is 29.2 Å². The second-order valence-electron chi connectivity index (χ2n) is 4.09. The van der Waals surface area contributed by atoms with Crippen LogP contribution < -0.4 is 5.32 Å². The van der Waals surface area contributed by atoms with Crippen molar-refractivity contribution in [1.29, 1.82) is 0 Å². The fourth-order valence-electron chi connectivity index (χ4n) is 1.49. The van der Waals surface area contributed by atoms with Crippen LogP contribution in [0.5, 0.6) is 0 Å². The molecule has 1 unspecified atom stereocenters. The van der Waals surface area contributed by atoms with E-state index in [0.29, 0.717) is 6.04 Å². The number of benzene rings is 1. The summed E-state index contributed by atoms with van der Waals surface area (Å²) in [5, 5.41) is 13.4. The molecule has 1 atom stereocenters. The molecule has 0 radical (unpaired) electrons. The lowest BCUT2D eigenvalue weighted by Crippen LogP contribution is -2.36. The molecule has 2 N–H and O–H groups in total. The molecule has 1 aliphatic rings. The monoisotopic (exact) mass is 257 g/mol. The summed E-state index contributed by atoms with van der Waals surface area (Å²) >= 11 is 7.64. The quantitative estimate of drug-likeness (QED) is 0.769. The number of rotatable bonds is 6. The highest BCUT2D eigenvalue weighted by atomic mass is 35.5. The zero-order valence-corrected chi connectivity index (χ0v) is 10.6. The van der Waals surface area contributed by atoms with Gasteiger partial charge in [-0.3, -0.25) is 0 Å². The molecule has 0 heterocycles. The second-order valence-corrected chi connectivity index (χ2v) is 5.62. The number of thioether (sulfide) groups is 1. The molecule has 0 aromatic heterocycles. The largest absolute Gasteiger partial charge is 0.395 e. The maximum atomic E-state index is 9.23. The fourth-order valence-corrected chi connectivity index (χ4v) is 2.73. The van der Waals surface area contributed by atoms with E-state index in [1.165, 1.54) is 12.8 Å². The first-order valence-corrected chi connectivity index (χ1v) is 6.89. The summed E-state index contributed by atoms with van der Waals surface area (Å²) in [6, 6.07) is 8.65. The topological polar surface area (TPSA) is 32.3 Å². The third-order valence-electron chi connectivity index (χ3n) is 2.52. The predicted molar refractivity (Wildman–Crippen MR) is 69.2 cm³/mol. The van der Waals surface area contributed by atoms with E-state index in [0.717, 1.165) is 15.7 Å². The van der Waals surface area contributed by atoms with Gasteiger partial charge in [0.2, 0.25) is 0 Å². The van der Waals surface area contributed by atoms with Crippen LogP contribution in [0, 0.1) is 0 Å². The van der Waals surface area contributed by atoms with E-state index in [9.17, 15) is 5.11 Å². The normalized spacial score (nSPS) is 17.4. The molecule has 0 amide bonds. The smallest absolute Gasteiger partial charge is 0.0592 e. The third-order valence-corrected chi connectivity index (χ3v) is 3.91. The van der Waals surface area contributed by atoms with Crippen molar-refractivity contribution in [1.82, 2.24) is 5.32 Å². The first-order chi connectivity index (χ1) is 7.78. The van der Waals surface area contributed by atoms with Gasteiger partial charge in [-0.1, -0.05) is 17.7 Å². The Balaban J connectivity index is 1.80. The fraction of sp³-hybridized carbons (Fsp3) is 0.500. The van der Waals surface area contributed by atoms with Crippen molar-refractivity contribution in [3.63, 3.8) is 0 Å². The zero-order chi connectivity index (χ0) is 11.4. The molecule has 1 aromatic rings. The van der Waals surface area contributed by atoms with Gasteiger partial charge in [0.1, 0.15) is 0 Å². The predicted octanol–water partition coefficient (Wildman–Crippen LogP) is 2.55. The highest BCUT2D eigenvalue weighted by Gasteiger charge is 2.24. The second kappa shape index (κ2) is 5.92. The van der Waals surface area contributed by atoms with Crippen LogP contribution in [-0.4, -0.2) is 29.5 Å². The number of hydrogen-bond donors (Lipinski definition) is 2. The number of halogens is 1. The van der Waals surface area contributed by atoms with E-state index in [1.807, 2.05) is 24.3 Å². The molecule has 0 aliphatic heterocycles. The number of aliphatic hydroxyl groups excluding tert-OH is 1. The van der Waals surface area contributed by atoms with Crippen molar-refractivity contribution in [3.8, 4) is 0 Å². The maximum absolute atomic E-state index is 9.23. The Labute approximate surface area is 105 Å². The van der Waals surface area contributed by atoms with Crippen molar-refractivity contribution >= 4 is 23.4 Å². The molecular weight excluding hydrogens is 242 g/mol. The minimum atomic E-state index is 0.191. The molecule has 16 heavy (non-hydrogen) atoms. The lowest BCUT2D eigenvalue weighted by atomic mass is 10.3. The van der Waals surface area contributed by atoms with Crippen molar-refractivity contribution in [2.24, 2.45) is 0 Å². The van der Waals surface area contributed by atoms with Crippen molar-refractivity contribution in [2.45, 2.75) is 29.8 Å². The lowest BCUT2D eigenvalue weighted by Gasteiger charge is -2.15. The van der Waals surface area contributed by atoms with Gasteiger partial charge in [0.15, 0.2) is 0 Å². The van der Waals surface area contributed by atoms with Crippen LogP contribution in [0.1, 0.15) is 12.8 Å². The minimum absolute atomic E-state index is 0.191. The molecule has 0 saturated heterocycles. The van der Waals surface area contributed by atoms with Gasteiger partial charge >= 0.3 is 0 Å². The Hall–Kier alpha value is -0.220. The Morgan fingerprint density at radius 1 is 1.50 bits per heavy atom. The highest BCUT2D eigenvalue weighted by molar-refractivity contribution is 7.99. The third kappa shape index (κ3) is 3.98. The van der Waals surface area contributed by atoms with Crippen LogP contribution >= 0.6 is 23.4 Å². The standard InChI is InChI=1S/C12H16ClNOS/c13-9-2-1-3-12(6-9)16-8-11(7-15)14-10-4-5-10/h1-3,6,10-11,14-15H,4-5,7-8H2. The summed E-state index contributed by atoms with van der Waals surface area (Å²) in [4.78, 5) is 1.16. The SMILES string of the molecule is OCC(CSc1cccc(Cl)c1)NC1CC1. The van der Waals surface area contributed by atoms with Crippen molar-refractivity contribution in [2.75, 3.05) is 12.4 Å². The molecule has 2 nitrogen and oxygen atoms in total. The summed E-state index contributed by atoms with van der Waals surface area (Å²) < 4.78 is 0. The number of hydrogen-bond acceptors (Lipinski definition) is 3. The van der Waals surface area contributed by atoms with Gasteiger partial charge in [0.25, 0.3) is 0 Å². The maximum Gasteiger partial charge on any atom is 0.0592 e. The molecule has 1 aromatic carbocycles. The van der Waals surface area contributed by atoms with Crippen molar-refractivity contribution in [3.05, 3.63) is 29.3 Å². The molecule has 1 aliphatic carbocycles. The molecule has 0 spiro atoms. The molecule has 4 heteroatoms. The molecule has 0 bridgehead atoms. The van der Waals surface area contributed by atoms with E-state index in [2.05, 4.69) is 5.32 Å². The van der Waals surface area contributed by atoms with E-state index in [-0.39, 0.29) is 12.6 Å². The molecule has 88 valence electrons. The molecule has 1 fully saturated rings. The Bertz CT molecular complexity index is 344. The van der Waals surface area contributed by atoms with E-state index < -0.39 is 0 Å². The van der Waals surface area contributed by atoms with Crippen molar-refractivity contribution < 1.29 is 5.11 Å². The Kier molecular flexibility index (Phi) is 4.53. The van der Waals surface area contributed by atoms with Crippen LogP contribution in [0.2, 0.25) is 5.02 Å². The zero-order valence-electron chi connectivity index (χ0n) is 9.03. The minimum Gasteiger partial charge on any atom is -0.395 e. The van der Waals surface area contributed by atoms with E-state index >= 15 is 0 Å². The first kappa shape index (κ1) is 12.2. The lowest BCUT2D eigenvalue weighted by molar-refractivity contribution is 0.253. The van der Waals surface area contributed by atoms with Crippen LogP contribution in [0.4, 0.5) is 0 Å². The Morgan fingerprint density at radius 3 is 2.94 bits per heavy atom. The highest BCUT2D eigenvalue weighted by Crippen LogP contribution is 2.24. The van der Waals surface area contributed by atoms with E-state index in [4.69, 9.17) is 11.6 Å². The summed E-state index contributed by atoms with van der Waals surface area (Å²) in [6.07, 6.45) is 2.50. The van der Waals surface area contributed by atoms with Crippen LogP contribution in [-0.2, 0) is 0 Å². The summed E-state index contributed by atoms with van der Waals surface area (Å²) in [5.41, 5.74) is 0. The first-order valence-electron chi connectivity index (χ1n) is 5.53. The molecular formula is C12H16ClNOS.